The summed E-state index contributed by atoms with van der Waals surface area (Å²) in [6.07, 6.45) is 1.34. The zero-order valence-electron chi connectivity index (χ0n) is 26.3. The molecule has 0 aromatic heterocycles. The highest BCUT2D eigenvalue weighted by Crippen LogP contribution is 2.40. The van der Waals surface area contributed by atoms with E-state index in [2.05, 4.69) is 75.8 Å². The molecule has 226 valence electrons. The summed E-state index contributed by atoms with van der Waals surface area (Å²) in [6, 6.07) is 0. The van der Waals surface area contributed by atoms with E-state index in [1.165, 1.54) is 6.42 Å². The molecule has 38 heavy (non-hydrogen) atoms. The Kier molecular flexibility index (Phi) is 18.9. The lowest BCUT2D eigenvalue weighted by atomic mass is 9.75. The Labute approximate surface area is 235 Å². The zero-order valence-corrected chi connectivity index (χ0v) is 26.3. The van der Waals surface area contributed by atoms with Crippen molar-refractivity contribution >= 4 is 17.8 Å². The van der Waals surface area contributed by atoms with Crippen molar-refractivity contribution in [2.45, 2.75) is 111 Å². The van der Waals surface area contributed by atoms with Crippen molar-refractivity contribution in [2.75, 3.05) is 0 Å². The smallest absolute Gasteiger partial charge is 0.315 e. The lowest BCUT2D eigenvalue weighted by Crippen LogP contribution is -2.40. The first-order chi connectivity index (χ1) is 16.6. The fourth-order valence-electron chi connectivity index (χ4n) is 5.15. The zero-order chi connectivity index (χ0) is 30.0. The monoisotopic (exact) mass is 541 g/mol. The maximum Gasteiger partial charge on any atom is 0.315 e. The molecule has 1 aliphatic rings. The number of cyclic esters (lactones) is 1. The van der Waals surface area contributed by atoms with Gasteiger partial charge in [0.15, 0.2) is 0 Å². The van der Waals surface area contributed by atoms with Crippen LogP contribution in [0.3, 0.4) is 0 Å². The van der Waals surface area contributed by atoms with Crippen LogP contribution in [-0.2, 0) is 19.1 Å². The molecule has 1 heterocycles. The number of carbonyl (C=O) groups is 3. The van der Waals surface area contributed by atoms with Crippen LogP contribution in [-0.4, -0.2) is 23.0 Å². The average molecular weight is 542 g/mol. The molecule has 6 nitrogen and oxygen atoms in total. The topological polar surface area (TPSA) is 107 Å². The molecule has 4 atom stereocenters. The number of carboxylic acid groups (broad SMARTS) is 1. The summed E-state index contributed by atoms with van der Waals surface area (Å²) in [5.74, 6) is 0.261. The quantitative estimate of drug-likeness (QED) is 0.272. The van der Waals surface area contributed by atoms with Crippen molar-refractivity contribution in [2.24, 2.45) is 70.3 Å². The Balaban J connectivity index is -0.000000484. The molecular formula is C32H63NO5. The third-order valence-electron chi connectivity index (χ3n) is 7.63. The maximum absolute atomic E-state index is 11.5. The van der Waals surface area contributed by atoms with Crippen LogP contribution in [0, 0.1) is 64.6 Å². The maximum atomic E-state index is 11.5. The molecule has 3 N–H and O–H groups in total. The van der Waals surface area contributed by atoms with Gasteiger partial charge in [-0.05, 0) is 47.3 Å². The second-order valence-electron chi connectivity index (χ2n) is 13.4. The Morgan fingerprint density at radius 1 is 0.868 bits per heavy atom. The molecule has 1 saturated heterocycles. The molecule has 0 aromatic rings. The van der Waals surface area contributed by atoms with E-state index in [0.29, 0.717) is 23.0 Å². The van der Waals surface area contributed by atoms with Gasteiger partial charge in [-0.25, -0.2) is 0 Å². The Morgan fingerprint density at radius 3 is 1.42 bits per heavy atom. The normalized spacial score (nSPS) is 19.1. The first-order valence-corrected chi connectivity index (χ1v) is 14.0. The van der Waals surface area contributed by atoms with Crippen molar-refractivity contribution in [3.05, 3.63) is 12.3 Å². The Morgan fingerprint density at radius 2 is 1.26 bits per heavy atom. The molecular weight excluding hydrogens is 478 g/mol. The minimum absolute atomic E-state index is 0. The molecule has 4 unspecified atom stereocenters. The third kappa shape index (κ3) is 13.3. The van der Waals surface area contributed by atoms with Gasteiger partial charge in [-0.2, -0.15) is 0 Å². The predicted molar refractivity (Wildman–Crippen MR) is 160 cm³/mol. The van der Waals surface area contributed by atoms with Gasteiger partial charge in [-0.15, -0.1) is 0 Å². The number of carbonyl (C=O) groups excluding carboxylic acids is 2. The highest BCUT2D eigenvalue weighted by Gasteiger charge is 2.43. The number of carboxylic acids is 1. The van der Waals surface area contributed by atoms with E-state index < -0.39 is 23.7 Å². The Hall–Kier alpha value is -1.85. The lowest BCUT2D eigenvalue weighted by molar-refractivity contribution is -0.150. The van der Waals surface area contributed by atoms with E-state index in [0.717, 1.165) is 11.8 Å². The van der Waals surface area contributed by atoms with E-state index >= 15 is 0 Å². The van der Waals surface area contributed by atoms with Crippen LogP contribution < -0.4 is 5.73 Å². The first-order valence-electron chi connectivity index (χ1n) is 14.0. The largest absolute Gasteiger partial charge is 0.481 e. The highest BCUT2D eigenvalue weighted by atomic mass is 16.5. The standard InChI is InChI=1S/C11H18O2.C10H19NO3.C10H22.CH4/c1-6(2)9-8(5)13-11(12)10(9)7(3)4;1-5(2)7(9(11)12)8(6(3)4)10(13)14;1-8(2)7-10(5,6)9(3)4;/h6-7,9-10H,5H2,1-4H3;5-8H,1-4H3,(H2,11,12)(H,13,14);8-9H,7H2,1-6H3;1H4. The first kappa shape index (κ1) is 40.6. The van der Waals surface area contributed by atoms with Crippen molar-refractivity contribution in [1.82, 2.24) is 0 Å². The second kappa shape index (κ2) is 17.7. The van der Waals surface area contributed by atoms with Gasteiger partial charge in [0, 0.05) is 5.92 Å². The van der Waals surface area contributed by atoms with Crippen LogP contribution >= 0.6 is 0 Å². The number of allylic oxidation sites excluding steroid dienone is 1. The number of primary amides is 1. The van der Waals surface area contributed by atoms with Crippen LogP contribution in [0.1, 0.15) is 111 Å². The molecule has 0 bridgehead atoms. The van der Waals surface area contributed by atoms with Crippen molar-refractivity contribution < 1.29 is 24.2 Å². The van der Waals surface area contributed by atoms with E-state index in [9.17, 15) is 14.4 Å². The molecule has 0 saturated carbocycles. The summed E-state index contributed by atoms with van der Waals surface area (Å²) in [7, 11) is 0. The molecule has 6 heteroatoms. The summed E-state index contributed by atoms with van der Waals surface area (Å²) >= 11 is 0. The van der Waals surface area contributed by atoms with Crippen molar-refractivity contribution in [3.63, 3.8) is 0 Å². The van der Waals surface area contributed by atoms with Gasteiger partial charge in [0.1, 0.15) is 5.76 Å². The molecule has 0 aliphatic carbocycles. The van der Waals surface area contributed by atoms with Gasteiger partial charge in [0.2, 0.25) is 5.91 Å². The van der Waals surface area contributed by atoms with E-state index in [1.807, 2.05) is 13.8 Å². The number of hydrogen-bond donors (Lipinski definition) is 2. The lowest BCUT2D eigenvalue weighted by Gasteiger charge is -2.30. The molecule has 1 fully saturated rings. The minimum Gasteiger partial charge on any atom is -0.481 e. The van der Waals surface area contributed by atoms with Gasteiger partial charge in [-0.3, -0.25) is 14.4 Å². The summed E-state index contributed by atoms with van der Waals surface area (Å²) < 4.78 is 5.08. The minimum atomic E-state index is -0.947. The average Bonchev–Trinajstić information content (AvgIpc) is 2.98. The molecule has 1 rings (SSSR count). The van der Waals surface area contributed by atoms with E-state index in [1.54, 1.807) is 13.8 Å². The second-order valence-corrected chi connectivity index (χ2v) is 13.4. The van der Waals surface area contributed by atoms with Crippen LogP contribution in [0.15, 0.2) is 12.3 Å². The number of rotatable bonds is 10. The number of nitrogens with two attached hydrogens (primary N) is 1. The van der Waals surface area contributed by atoms with E-state index in [-0.39, 0.29) is 37.1 Å². The fraction of sp³-hybridized carbons (Fsp3) is 0.844. The molecule has 0 aromatic carbocycles. The summed E-state index contributed by atoms with van der Waals surface area (Å²) in [5.41, 5.74) is 5.73. The number of hydrogen-bond acceptors (Lipinski definition) is 4. The van der Waals surface area contributed by atoms with Gasteiger partial charge in [-0.1, -0.05) is 111 Å². The number of amides is 1. The van der Waals surface area contributed by atoms with Gasteiger partial charge < -0.3 is 15.6 Å². The SMILES string of the molecule is C.C=C1OC(=O)C(C(C)C)C1C(C)C.CC(C)C(C(N)=O)C(C(=O)O)C(C)C.CC(C)CC(C)(C)C(C)C. The van der Waals surface area contributed by atoms with E-state index in [4.69, 9.17) is 15.6 Å². The van der Waals surface area contributed by atoms with Crippen LogP contribution in [0.4, 0.5) is 0 Å². The number of aliphatic carboxylic acids is 1. The summed E-state index contributed by atoms with van der Waals surface area (Å²) in [5, 5.41) is 9.00. The molecule has 1 amide bonds. The molecule has 1 aliphatic heterocycles. The van der Waals surface area contributed by atoms with Crippen molar-refractivity contribution in [1.29, 1.82) is 0 Å². The third-order valence-corrected chi connectivity index (χ3v) is 7.63. The predicted octanol–water partition coefficient (Wildman–Crippen LogP) is 8.05. The molecule has 0 spiro atoms. The van der Waals surface area contributed by atoms with Crippen LogP contribution in [0.5, 0.6) is 0 Å². The highest BCUT2D eigenvalue weighted by molar-refractivity contribution is 5.83. The summed E-state index contributed by atoms with van der Waals surface area (Å²) in [4.78, 5) is 33.6. The van der Waals surface area contributed by atoms with Gasteiger partial charge in [0.05, 0.1) is 17.8 Å². The van der Waals surface area contributed by atoms with Gasteiger partial charge >= 0.3 is 11.9 Å². The fourth-order valence-corrected chi connectivity index (χ4v) is 5.15. The number of ether oxygens (including phenoxy) is 1. The Bertz CT molecular complexity index is 686. The number of esters is 1. The molecule has 0 radical (unpaired) electrons. The van der Waals surface area contributed by atoms with Crippen LogP contribution in [0.2, 0.25) is 0 Å². The van der Waals surface area contributed by atoms with Crippen molar-refractivity contribution in [3.8, 4) is 0 Å². The summed E-state index contributed by atoms with van der Waals surface area (Å²) in [6.45, 7) is 33.2. The van der Waals surface area contributed by atoms with Crippen LogP contribution in [0.25, 0.3) is 0 Å². The van der Waals surface area contributed by atoms with Gasteiger partial charge in [0.25, 0.3) is 0 Å².